The summed E-state index contributed by atoms with van der Waals surface area (Å²) in [6, 6.07) is 8.15. The summed E-state index contributed by atoms with van der Waals surface area (Å²) in [7, 11) is 1.67. The maximum absolute atomic E-state index is 11.8. The number of benzene rings is 1. The standard InChI is InChI=1S/C18H24N2O3S/c1-4-23-18(21)17-13(2)24-16(20-17)12-19-11-5-6-14-7-9-15(22-3)10-8-14/h7-10,19H,4-6,11-12H2,1-3H3. The maximum Gasteiger partial charge on any atom is 0.358 e. The lowest BCUT2D eigenvalue weighted by molar-refractivity contribution is 0.0519. The highest BCUT2D eigenvalue weighted by Gasteiger charge is 2.15. The van der Waals surface area contributed by atoms with E-state index < -0.39 is 0 Å². The Morgan fingerprint density at radius 3 is 2.71 bits per heavy atom. The first-order valence-electron chi connectivity index (χ1n) is 8.11. The van der Waals surface area contributed by atoms with Crippen LogP contribution in [0.25, 0.3) is 0 Å². The Balaban J connectivity index is 1.72. The topological polar surface area (TPSA) is 60.5 Å². The number of thiazole rings is 1. The van der Waals surface area contributed by atoms with Crippen molar-refractivity contribution in [1.82, 2.24) is 10.3 Å². The van der Waals surface area contributed by atoms with Gasteiger partial charge in [-0.25, -0.2) is 9.78 Å². The zero-order chi connectivity index (χ0) is 17.4. The SMILES string of the molecule is CCOC(=O)c1nc(CNCCCc2ccc(OC)cc2)sc1C. The van der Waals surface area contributed by atoms with Gasteiger partial charge in [0.15, 0.2) is 5.69 Å². The average molecular weight is 348 g/mol. The largest absolute Gasteiger partial charge is 0.497 e. The van der Waals surface area contributed by atoms with Crippen LogP contribution in [0.2, 0.25) is 0 Å². The molecule has 1 aromatic heterocycles. The zero-order valence-corrected chi connectivity index (χ0v) is 15.2. The molecule has 0 radical (unpaired) electrons. The van der Waals surface area contributed by atoms with Crippen LogP contribution in [0.4, 0.5) is 0 Å². The minimum absolute atomic E-state index is 0.336. The van der Waals surface area contributed by atoms with Gasteiger partial charge in [0.2, 0.25) is 0 Å². The summed E-state index contributed by atoms with van der Waals surface area (Å²) in [5.74, 6) is 0.547. The molecule has 130 valence electrons. The maximum atomic E-state index is 11.8. The summed E-state index contributed by atoms with van der Waals surface area (Å²) in [4.78, 5) is 17.0. The number of rotatable bonds is 9. The van der Waals surface area contributed by atoms with Crippen LogP contribution >= 0.6 is 11.3 Å². The van der Waals surface area contributed by atoms with E-state index in [0.29, 0.717) is 18.8 Å². The number of nitrogens with one attached hydrogen (secondary N) is 1. The van der Waals surface area contributed by atoms with Gasteiger partial charge >= 0.3 is 5.97 Å². The number of esters is 1. The lowest BCUT2D eigenvalue weighted by atomic mass is 10.1. The lowest BCUT2D eigenvalue weighted by Crippen LogP contribution is -2.15. The van der Waals surface area contributed by atoms with Crippen molar-refractivity contribution in [2.75, 3.05) is 20.3 Å². The first-order valence-corrected chi connectivity index (χ1v) is 8.92. The summed E-state index contributed by atoms with van der Waals surface area (Å²) in [6.45, 7) is 5.64. The Morgan fingerprint density at radius 1 is 1.29 bits per heavy atom. The Bertz CT molecular complexity index is 653. The van der Waals surface area contributed by atoms with Crippen LogP contribution in [0, 0.1) is 6.92 Å². The number of hydrogen-bond acceptors (Lipinski definition) is 6. The van der Waals surface area contributed by atoms with Gasteiger partial charge in [-0.3, -0.25) is 0 Å². The number of carbonyl (C=O) groups is 1. The van der Waals surface area contributed by atoms with Crippen molar-refractivity contribution in [2.45, 2.75) is 33.2 Å². The van der Waals surface area contributed by atoms with Gasteiger partial charge < -0.3 is 14.8 Å². The van der Waals surface area contributed by atoms with E-state index in [0.717, 1.165) is 35.0 Å². The summed E-state index contributed by atoms with van der Waals surface area (Å²) in [5.41, 5.74) is 1.74. The van der Waals surface area contributed by atoms with Crippen LogP contribution in [0.15, 0.2) is 24.3 Å². The van der Waals surface area contributed by atoms with Gasteiger partial charge in [0.1, 0.15) is 10.8 Å². The second-order valence-electron chi connectivity index (χ2n) is 5.36. The van der Waals surface area contributed by atoms with E-state index in [9.17, 15) is 4.79 Å². The van der Waals surface area contributed by atoms with Gasteiger partial charge in [-0.05, 0) is 50.9 Å². The molecular formula is C18H24N2O3S. The number of nitrogens with zero attached hydrogens (tertiary/aromatic N) is 1. The summed E-state index contributed by atoms with van der Waals surface area (Å²) < 4.78 is 10.2. The van der Waals surface area contributed by atoms with Gasteiger partial charge in [-0.2, -0.15) is 0 Å². The quantitative estimate of drug-likeness (QED) is 0.556. The molecule has 0 spiro atoms. The Labute approximate surface area is 147 Å². The third-order valence-corrected chi connectivity index (χ3v) is 4.53. The highest BCUT2D eigenvalue weighted by Crippen LogP contribution is 2.18. The van der Waals surface area contributed by atoms with Crippen LogP contribution < -0.4 is 10.1 Å². The van der Waals surface area contributed by atoms with E-state index in [1.165, 1.54) is 16.9 Å². The Morgan fingerprint density at radius 2 is 2.04 bits per heavy atom. The molecule has 1 heterocycles. The van der Waals surface area contributed by atoms with Crippen molar-refractivity contribution in [3.63, 3.8) is 0 Å². The van der Waals surface area contributed by atoms with Crippen LogP contribution in [0.1, 0.15) is 39.3 Å². The van der Waals surface area contributed by atoms with Crippen LogP contribution in [0.5, 0.6) is 5.75 Å². The number of ether oxygens (including phenoxy) is 2. The van der Waals surface area contributed by atoms with Crippen LogP contribution in [-0.4, -0.2) is 31.2 Å². The molecule has 2 aromatic rings. The molecule has 24 heavy (non-hydrogen) atoms. The van der Waals surface area contributed by atoms with E-state index in [-0.39, 0.29) is 5.97 Å². The van der Waals surface area contributed by atoms with Gasteiger partial charge in [0.05, 0.1) is 13.7 Å². The van der Waals surface area contributed by atoms with Crippen molar-refractivity contribution in [3.05, 3.63) is 45.4 Å². The second kappa shape index (κ2) is 9.39. The molecule has 0 atom stereocenters. The molecule has 0 amide bonds. The molecule has 6 heteroatoms. The molecule has 1 aromatic carbocycles. The molecule has 0 saturated carbocycles. The van der Waals surface area contributed by atoms with Crippen molar-refractivity contribution >= 4 is 17.3 Å². The molecule has 0 aliphatic rings. The van der Waals surface area contributed by atoms with Crippen molar-refractivity contribution in [3.8, 4) is 5.75 Å². The van der Waals surface area contributed by atoms with E-state index in [2.05, 4.69) is 22.4 Å². The monoisotopic (exact) mass is 348 g/mol. The van der Waals surface area contributed by atoms with E-state index >= 15 is 0 Å². The molecule has 1 N–H and O–H groups in total. The number of methoxy groups -OCH3 is 1. The van der Waals surface area contributed by atoms with E-state index in [1.54, 1.807) is 14.0 Å². The number of aromatic nitrogens is 1. The minimum atomic E-state index is -0.336. The smallest absolute Gasteiger partial charge is 0.358 e. The first kappa shape index (κ1) is 18.4. The van der Waals surface area contributed by atoms with Gasteiger partial charge in [-0.15, -0.1) is 11.3 Å². The van der Waals surface area contributed by atoms with Gasteiger partial charge in [0.25, 0.3) is 0 Å². The van der Waals surface area contributed by atoms with Crippen molar-refractivity contribution in [2.24, 2.45) is 0 Å². The minimum Gasteiger partial charge on any atom is -0.497 e. The highest BCUT2D eigenvalue weighted by atomic mass is 32.1. The first-order chi connectivity index (χ1) is 11.6. The molecule has 0 bridgehead atoms. The molecule has 0 aliphatic heterocycles. The zero-order valence-electron chi connectivity index (χ0n) is 14.4. The highest BCUT2D eigenvalue weighted by molar-refractivity contribution is 7.11. The van der Waals surface area contributed by atoms with E-state index in [4.69, 9.17) is 9.47 Å². The van der Waals surface area contributed by atoms with Gasteiger partial charge in [0, 0.05) is 11.4 Å². The Hall–Kier alpha value is -1.92. The van der Waals surface area contributed by atoms with Crippen molar-refractivity contribution < 1.29 is 14.3 Å². The third-order valence-electron chi connectivity index (χ3n) is 3.56. The average Bonchev–Trinajstić information content (AvgIpc) is 2.96. The van der Waals surface area contributed by atoms with Crippen molar-refractivity contribution in [1.29, 1.82) is 0 Å². The molecule has 0 fully saturated rings. The number of hydrogen-bond donors (Lipinski definition) is 1. The molecule has 0 saturated heterocycles. The Kier molecular flexibility index (Phi) is 7.21. The fourth-order valence-corrected chi connectivity index (χ4v) is 3.21. The fourth-order valence-electron chi connectivity index (χ4n) is 2.32. The third kappa shape index (κ3) is 5.32. The fraction of sp³-hybridized carbons (Fsp3) is 0.444. The summed E-state index contributed by atoms with van der Waals surface area (Å²) in [5, 5.41) is 4.29. The lowest BCUT2D eigenvalue weighted by Gasteiger charge is -2.04. The molecule has 5 nitrogen and oxygen atoms in total. The number of carbonyl (C=O) groups excluding carboxylic acids is 1. The predicted molar refractivity (Wildman–Crippen MR) is 95.8 cm³/mol. The number of aryl methyl sites for hydroxylation is 2. The van der Waals surface area contributed by atoms with E-state index in [1.807, 2.05) is 19.1 Å². The second-order valence-corrected chi connectivity index (χ2v) is 6.65. The molecule has 0 unspecified atom stereocenters. The normalized spacial score (nSPS) is 10.6. The molecule has 0 aliphatic carbocycles. The molecule has 2 rings (SSSR count). The summed E-state index contributed by atoms with van der Waals surface area (Å²) >= 11 is 1.54. The van der Waals surface area contributed by atoms with Crippen LogP contribution in [0.3, 0.4) is 0 Å². The summed E-state index contributed by atoms with van der Waals surface area (Å²) in [6.07, 6.45) is 2.06. The van der Waals surface area contributed by atoms with Crippen LogP contribution in [-0.2, 0) is 17.7 Å². The predicted octanol–water partition coefficient (Wildman–Crippen LogP) is 3.36. The van der Waals surface area contributed by atoms with Gasteiger partial charge in [-0.1, -0.05) is 12.1 Å². The molecular weight excluding hydrogens is 324 g/mol.